The van der Waals surface area contributed by atoms with Crippen LogP contribution in [0, 0.1) is 0 Å². The number of carbonyl (C=O) groups excluding carboxylic acids is 1. The third-order valence-corrected chi connectivity index (χ3v) is 6.88. The van der Waals surface area contributed by atoms with Crippen LogP contribution in [0.4, 0.5) is 5.69 Å². The van der Waals surface area contributed by atoms with Gasteiger partial charge in [0.25, 0.3) is 0 Å². The van der Waals surface area contributed by atoms with Crippen molar-refractivity contribution in [1.29, 1.82) is 0 Å². The van der Waals surface area contributed by atoms with Gasteiger partial charge in [0.2, 0.25) is 26.0 Å². The average Bonchev–Trinajstić information content (AvgIpc) is 3.20. The van der Waals surface area contributed by atoms with Crippen LogP contribution in [0.5, 0.6) is 5.75 Å². The van der Waals surface area contributed by atoms with Crippen molar-refractivity contribution in [2.45, 2.75) is 17.9 Å². The predicted octanol–water partition coefficient (Wildman–Crippen LogP) is 0.833. The number of nitrogens with zero attached hydrogens (tertiary/aromatic N) is 1. The van der Waals surface area contributed by atoms with E-state index in [1.54, 1.807) is 12.1 Å². The van der Waals surface area contributed by atoms with Crippen molar-refractivity contribution in [1.82, 2.24) is 4.72 Å². The highest BCUT2D eigenvalue weighted by Crippen LogP contribution is 2.32. The zero-order chi connectivity index (χ0) is 18.9. The van der Waals surface area contributed by atoms with Gasteiger partial charge in [0.1, 0.15) is 16.4 Å². The second kappa shape index (κ2) is 6.74. The number of anilines is 1. The average molecular weight is 400 g/mol. The largest absolute Gasteiger partial charge is 0.495 e. The monoisotopic (exact) mass is 400 g/mol. The fourth-order valence-corrected chi connectivity index (χ4v) is 5.16. The number of methoxy groups -OCH3 is 1. The van der Waals surface area contributed by atoms with E-state index in [0.29, 0.717) is 10.1 Å². The first-order chi connectivity index (χ1) is 12.2. The van der Waals surface area contributed by atoms with Gasteiger partial charge in [-0.2, -0.15) is 0 Å². The zero-order valence-electron chi connectivity index (χ0n) is 13.7. The molecule has 1 aliphatic heterocycles. The Morgan fingerprint density at radius 2 is 2.08 bits per heavy atom. The molecule has 1 N–H and O–H groups in total. The maximum Gasteiger partial charge on any atom is 0.244 e. The first-order valence-electron chi connectivity index (χ1n) is 7.50. The molecule has 0 atom stereocenters. The van der Waals surface area contributed by atoms with E-state index < -0.39 is 26.0 Å². The van der Waals surface area contributed by atoms with Crippen molar-refractivity contribution in [2.24, 2.45) is 0 Å². The molecule has 0 spiro atoms. The fraction of sp³-hybridized carbons (Fsp3) is 0.267. The summed E-state index contributed by atoms with van der Waals surface area (Å²) < 4.78 is 62.5. The molecular formula is C15H16N2O7S2. The quantitative estimate of drug-likeness (QED) is 0.762. The molecule has 0 aliphatic carbocycles. The lowest BCUT2D eigenvalue weighted by molar-refractivity contribution is -0.116. The maximum atomic E-state index is 12.6. The summed E-state index contributed by atoms with van der Waals surface area (Å²) in [5.74, 6) is -0.496. The molecule has 3 rings (SSSR count). The first kappa shape index (κ1) is 18.4. The van der Waals surface area contributed by atoms with Crippen LogP contribution in [0.3, 0.4) is 0 Å². The van der Waals surface area contributed by atoms with E-state index in [1.165, 1.54) is 25.5 Å². The summed E-state index contributed by atoms with van der Waals surface area (Å²) in [6.45, 7) is -0.0936. The van der Waals surface area contributed by atoms with E-state index in [1.807, 2.05) is 0 Å². The van der Waals surface area contributed by atoms with E-state index in [-0.39, 0.29) is 35.1 Å². The van der Waals surface area contributed by atoms with Gasteiger partial charge in [-0.25, -0.2) is 25.9 Å². The van der Waals surface area contributed by atoms with Gasteiger partial charge in [-0.05, 0) is 30.3 Å². The lowest BCUT2D eigenvalue weighted by Crippen LogP contribution is -2.30. The Morgan fingerprint density at radius 3 is 2.65 bits per heavy atom. The highest BCUT2D eigenvalue weighted by Gasteiger charge is 2.37. The standard InChI is InChI=1S/C15H16N2O7S2/c1-23-13-5-4-11(17-15(18)6-8-25(17,19)20)9-14(13)26(21,22)16-10-12-3-2-7-24-12/h2-5,7,9,16H,6,8,10H2,1H3. The minimum absolute atomic E-state index is 0.0183. The highest BCUT2D eigenvalue weighted by atomic mass is 32.2. The van der Waals surface area contributed by atoms with E-state index in [0.717, 1.165) is 6.07 Å². The van der Waals surface area contributed by atoms with Gasteiger partial charge in [0, 0.05) is 6.42 Å². The van der Waals surface area contributed by atoms with Crippen molar-refractivity contribution < 1.29 is 30.8 Å². The van der Waals surface area contributed by atoms with Crippen LogP contribution in [-0.2, 0) is 31.4 Å². The van der Waals surface area contributed by atoms with Crippen LogP contribution < -0.4 is 13.8 Å². The number of sulfonamides is 2. The molecule has 1 aromatic carbocycles. The summed E-state index contributed by atoms with van der Waals surface area (Å²) >= 11 is 0. The Kier molecular flexibility index (Phi) is 4.78. The second-order valence-electron chi connectivity index (χ2n) is 5.46. The summed E-state index contributed by atoms with van der Waals surface area (Å²) in [5, 5.41) is 0. The summed E-state index contributed by atoms with van der Waals surface area (Å²) in [4.78, 5) is 11.6. The summed E-state index contributed by atoms with van der Waals surface area (Å²) in [7, 11) is -6.57. The van der Waals surface area contributed by atoms with Crippen LogP contribution in [0.2, 0.25) is 0 Å². The molecule has 0 saturated carbocycles. The topological polar surface area (TPSA) is 123 Å². The van der Waals surface area contributed by atoms with Crippen molar-refractivity contribution >= 4 is 31.6 Å². The number of hydrogen-bond acceptors (Lipinski definition) is 7. The lowest BCUT2D eigenvalue weighted by atomic mass is 10.3. The van der Waals surface area contributed by atoms with E-state index in [2.05, 4.69) is 4.72 Å². The van der Waals surface area contributed by atoms with E-state index in [4.69, 9.17) is 9.15 Å². The Balaban J connectivity index is 1.99. The van der Waals surface area contributed by atoms with Crippen molar-refractivity contribution in [2.75, 3.05) is 17.2 Å². The minimum atomic E-state index is -4.05. The van der Waals surface area contributed by atoms with Gasteiger partial charge >= 0.3 is 0 Å². The SMILES string of the molecule is COc1ccc(N2C(=O)CCS2(=O)=O)cc1S(=O)(=O)NCc1ccco1. The predicted molar refractivity (Wildman–Crippen MR) is 91.6 cm³/mol. The van der Waals surface area contributed by atoms with E-state index >= 15 is 0 Å². The van der Waals surface area contributed by atoms with Gasteiger partial charge in [-0.3, -0.25) is 4.79 Å². The normalized spacial score (nSPS) is 16.8. The molecule has 1 fully saturated rings. The molecule has 9 nitrogen and oxygen atoms in total. The molecule has 0 bridgehead atoms. The van der Waals surface area contributed by atoms with Gasteiger partial charge in [-0.15, -0.1) is 0 Å². The Morgan fingerprint density at radius 1 is 1.31 bits per heavy atom. The molecule has 1 amide bonds. The summed E-state index contributed by atoms with van der Waals surface area (Å²) in [6.07, 6.45) is 1.27. The van der Waals surface area contributed by atoms with Crippen LogP contribution in [0.1, 0.15) is 12.2 Å². The Labute approximate surface area is 150 Å². The first-order valence-corrected chi connectivity index (χ1v) is 10.6. The minimum Gasteiger partial charge on any atom is -0.495 e. The van der Waals surface area contributed by atoms with E-state index in [9.17, 15) is 21.6 Å². The number of rotatable bonds is 6. The molecule has 0 unspecified atom stereocenters. The number of amides is 1. The second-order valence-corrected chi connectivity index (χ2v) is 9.14. The molecule has 1 aliphatic rings. The Hall–Kier alpha value is -2.37. The summed E-state index contributed by atoms with van der Waals surface area (Å²) in [6, 6.07) is 6.95. The van der Waals surface area contributed by atoms with Crippen LogP contribution in [0.15, 0.2) is 45.9 Å². The molecule has 0 radical (unpaired) electrons. The molecule has 26 heavy (non-hydrogen) atoms. The number of nitrogens with one attached hydrogen (secondary N) is 1. The number of hydrogen-bond donors (Lipinski definition) is 1. The van der Waals surface area contributed by atoms with Gasteiger partial charge in [0.15, 0.2) is 0 Å². The number of furan rings is 1. The maximum absolute atomic E-state index is 12.6. The van der Waals surface area contributed by atoms with Crippen LogP contribution in [0.25, 0.3) is 0 Å². The number of ether oxygens (including phenoxy) is 1. The van der Waals surface area contributed by atoms with Crippen molar-refractivity contribution in [3.63, 3.8) is 0 Å². The lowest BCUT2D eigenvalue weighted by Gasteiger charge is -2.17. The molecule has 140 valence electrons. The molecule has 1 saturated heterocycles. The number of benzene rings is 1. The highest BCUT2D eigenvalue weighted by molar-refractivity contribution is 7.94. The number of carbonyl (C=O) groups is 1. The zero-order valence-corrected chi connectivity index (χ0v) is 15.3. The van der Waals surface area contributed by atoms with Crippen LogP contribution in [-0.4, -0.2) is 35.6 Å². The third-order valence-electron chi connectivity index (χ3n) is 3.77. The van der Waals surface area contributed by atoms with Gasteiger partial charge in [-0.1, -0.05) is 0 Å². The van der Waals surface area contributed by atoms with Crippen LogP contribution >= 0.6 is 0 Å². The van der Waals surface area contributed by atoms with Crippen molar-refractivity contribution in [3.8, 4) is 5.75 Å². The third kappa shape index (κ3) is 3.45. The molecule has 2 aromatic rings. The fourth-order valence-electron chi connectivity index (χ4n) is 2.53. The molecule has 1 aromatic heterocycles. The van der Waals surface area contributed by atoms with Gasteiger partial charge in [0.05, 0.1) is 31.4 Å². The summed E-state index contributed by atoms with van der Waals surface area (Å²) in [5.41, 5.74) is -0.0494. The molecule has 2 heterocycles. The Bertz CT molecular complexity index is 1030. The van der Waals surface area contributed by atoms with Crippen molar-refractivity contribution in [3.05, 3.63) is 42.4 Å². The molecule has 11 heteroatoms. The molecular weight excluding hydrogens is 384 g/mol. The smallest absolute Gasteiger partial charge is 0.244 e. The van der Waals surface area contributed by atoms with Gasteiger partial charge < -0.3 is 9.15 Å².